The van der Waals surface area contributed by atoms with Gasteiger partial charge in [0.25, 0.3) is 0 Å². The molecule has 0 heterocycles. The SMILES string of the molecule is O=S(=O)([O-])C(F)(F)F.[N-]=C=O.[N-]=C=O. The third-order valence-corrected chi connectivity index (χ3v) is 0.850. The van der Waals surface area contributed by atoms with Gasteiger partial charge in [-0.25, -0.2) is 8.42 Å². The molecule has 11 heteroatoms. The molecule has 0 rings (SSSR count). The maximum Gasteiger partial charge on any atom is 0.485 e. The van der Waals surface area contributed by atoms with E-state index in [1.165, 1.54) is 0 Å². The summed E-state index contributed by atoms with van der Waals surface area (Å²) in [5.74, 6) is 0. The molecule has 82 valence electrons. The molecule has 0 bridgehead atoms. The largest absolute Gasteiger partial charge is 0.741 e. The van der Waals surface area contributed by atoms with Crippen molar-refractivity contribution in [3.05, 3.63) is 10.8 Å². The zero-order valence-corrected chi connectivity index (χ0v) is 6.79. The van der Waals surface area contributed by atoms with Crippen LogP contribution in [0.2, 0.25) is 0 Å². The van der Waals surface area contributed by atoms with Crippen molar-refractivity contribution in [3.63, 3.8) is 0 Å². The maximum absolute atomic E-state index is 10.7. The summed E-state index contributed by atoms with van der Waals surface area (Å²) in [5, 5.41) is 13.5. The van der Waals surface area contributed by atoms with E-state index in [9.17, 15) is 13.2 Å². The van der Waals surface area contributed by atoms with Gasteiger partial charge in [0.2, 0.25) is 0 Å². The fourth-order valence-electron chi connectivity index (χ4n) is 0. The fraction of sp³-hybridized carbons (Fsp3) is 0.333. The molecule has 0 atom stereocenters. The van der Waals surface area contributed by atoms with Crippen molar-refractivity contribution in [2.75, 3.05) is 0 Å². The minimum Gasteiger partial charge on any atom is -0.741 e. The Morgan fingerprint density at radius 1 is 1.07 bits per heavy atom. The Morgan fingerprint density at radius 2 is 1.14 bits per heavy atom. The lowest BCUT2D eigenvalue weighted by molar-refractivity contribution is -0.0517. The van der Waals surface area contributed by atoms with E-state index in [2.05, 4.69) is 0 Å². The van der Waals surface area contributed by atoms with Crippen LogP contribution in [0, 0.1) is 0 Å². The van der Waals surface area contributed by atoms with E-state index in [-0.39, 0.29) is 0 Å². The molecule has 0 aliphatic heterocycles. The number of isocyanates is 2. The van der Waals surface area contributed by atoms with E-state index in [1.54, 1.807) is 0 Å². The first-order valence-corrected chi connectivity index (χ1v) is 3.53. The summed E-state index contributed by atoms with van der Waals surface area (Å²) >= 11 is 0. The molecule has 0 saturated carbocycles. The summed E-state index contributed by atoms with van der Waals surface area (Å²) < 4.78 is 58.9. The molecule has 0 aliphatic rings. The molecule has 0 aromatic carbocycles. The number of hydrogen-bond donors (Lipinski definition) is 0. The van der Waals surface area contributed by atoms with Gasteiger partial charge in [0, 0.05) is 0 Å². The Hall–Kier alpha value is -1.54. The highest BCUT2D eigenvalue weighted by atomic mass is 32.2. The predicted octanol–water partition coefficient (Wildman–Crippen LogP) is -0.165. The van der Waals surface area contributed by atoms with Gasteiger partial charge >= 0.3 is 5.51 Å². The lowest BCUT2D eigenvalue weighted by Gasteiger charge is -2.08. The first kappa shape index (κ1) is 18.3. The van der Waals surface area contributed by atoms with E-state index in [4.69, 9.17) is 33.4 Å². The average molecular weight is 233 g/mol. The van der Waals surface area contributed by atoms with Crippen molar-refractivity contribution >= 4 is 22.3 Å². The number of halogens is 3. The summed E-state index contributed by atoms with van der Waals surface area (Å²) in [5.41, 5.74) is -5.65. The van der Waals surface area contributed by atoms with Gasteiger partial charge in [-0.2, -0.15) is 13.2 Å². The maximum atomic E-state index is 10.7. The molecule has 0 amide bonds. The Bertz CT molecular complexity index is 296. The van der Waals surface area contributed by atoms with Gasteiger partial charge in [-0.3, -0.25) is 9.59 Å². The van der Waals surface area contributed by atoms with Crippen molar-refractivity contribution < 1.29 is 35.7 Å². The molecule has 0 aliphatic carbocycles. The molecule has 14 heavy (non-hydrogen) atoms. The number of hydrogen-bond acceptors (Lipinski definition) is 5. The normalized spacial score (nSPS) is 9.14. The molecule has 0 radical (unpaired) electrons. The number of rotatable bonds is 0. The summed E-state index contributed by atoms with van der Waals surface area (Å²) in [6.07, 6.45) is 1.00. The molecular formula is C3F3N2O5S-3. The predicted molar refractivity (Wildman–Crippen MR) is 33.9 cm³/mol. The lowest BCUT2D eigenvalue weighted by atomic mass is 11.6. The molecule has 0 fully saturated rings. The van der Waals surface area contributed by atoms with E-state index < -0.39 is 15.6 Å². The van der Waals surface area contributed by atoms with Crippen LogP contribution in [0.4, 0.5) is 13.2 Å². The van der Waals surface area contributed by atoms with E-state index in [0.717, 1.165) is 0 Å². The second kappa shape index (κ2) is 8.08. The van der Waals surface area contributed by atoms with Crippen LogP contribution in [-0.4, -0.2) is 30.6 Å². The molecule has 0 spiro atoms. The van der Waals surface area contributed by atoms with Crippen LogP contribution in [-0.2, 0) is 19.7 Å². The highest BCUT2D eigenvalue weighted by Gasteiger charge is 2.36. The lowest BCUT2D eigenvalue weighted by Crippen LogP contribution is -2.21. The quantitative estimate of drug-likeness (QED) is 0.247. The number of alkyl halides is 3. The number of nitrogens with zero attached hydrogens (tertiary/aromatic N) is 2. The minimum atomic E-state index is -6.09. The van der Waals surface area contributed by atoms with Crippen LogP contribution in [0.5, 0.6) is 0 Å². The van der Waals surface area contributed by atoms with E-state index in [0.29, 0.717) is 12.2 Å². The molecule has 0 aromatic rings. The topological polar surface area (TPSA) is 136 Å². The van der Waals surface area contributed by atoms with Crippen molar-refractivity contribution in [3.8, 4) is 0 Å². The highest BCUT2D eigenvalue weighted by Crippen LogP contribution is 2.20. The van der Waals surface area contributed by atoms with Crippen LogP contribution in [0.15, 0.2) is 0 Å². The van der Waals surface area contributed by atoms with Crippen molar-refractivity contribution in [1.82, 2.24) is 0 Å². The van der Waals surface area contributed by atoms with Gasteiger partial charge in [0.05, 0.1) is 0 Å². The van der Waals surface area contributed by atoms with Crippen molar-refractivity contribution in [1.29, 1.82) is 0 Å². The Labute approximate surface area is 75.3 Å². The smallest absolute Gasteiger partial charge is 0.485 e. The van der Waals surface area contributed by atoms with Crippen LogP contribution in [0.3, 0.4) is 0 Å². The molecule has 7 nitrogen and oxygen atoms in total. The Balaban J connectivity index is -0.000000168. The zero-order chi connectivity index (χ0) is 12.4. The monoisotopic (exact) mass is 233 g/mol. The van der Waals surface area contributed by atoms with Crippen molar-refractivity contribution in [2.45, 2.75) is 5.51 Å². The second-order valence-corrected chi connectivity index (χ2v) is 2.45. The van der Waals surface area contributed by atoms with Gasteiger partial charge in [-0.05, 0) is 12.2 Å². The Morgan fingerprint density at radius 3 is 1.14 bits per heavy atom. The van der Waals surface area contributed by atoms with Crippen LogP contribution in [0.25, 0.3) is 10.8 Å². The summed E-state index contributed by atoms with van der Waals surface area (Å²) in [4.78, 5) is 16.5. The van der Waals surface area contributed by atoms with Gasteiger partial charge in [-0.15, -0.1) is 0 Å². The van der Waals surface area contributed by atoms with Crippen molar-refractivity contribution in [2.24, 2.45) is 0 Å². The second-order valence-electron chi connectivity index (χ2n) is 1.08. The first-order chi connectivity index (χ1) is 6.08. The van der Waals surface area contributed by atoms with Gasteiger partial charge in [0.1, 0.15) is 0 Å². The van der Waals surface area contributed by atoms with Crippen LogP contribution < -0.4 is 0 Å². The minimum absolute atomic E-state index is 0.500. The van der Waals surface area contributed by atoms with Crippen LogP contribution in [0.1, 0.15) is 0 Å². The van der Waals surface area contributed by atoms with Crippen LogP contribution >= 0.6 is 0 Å². The van der Waals surface area contributed by atoms with E-state index in [1.807, 2.05) is 0 Å². The molecular weight excluding hydrogens is 233 g/mol. The Kier molecular flexibility index (Phi) is 10.5. The third-order valence-electron chi connectivity index (χ3n) is 0.283. The standard InChI is InChI=1S/CHF3O3S.2CNO/c2-1(3,4)8(5,6)7;2*2-1-3/h(H,5,6,7);;/q;2*-1/p-1. The molecule has 0 N–H and O–H groups in total. The number of carbonyl (C=O) groups excluding carboxylic acids is 2. The zero-order valence-electron chi connectivity index (χ0n) is 5.98. The summed E-state index contributed by atoms with van der Waals surface area (Å²) in [7, 11) is -6.09. The third kappa shape index (κ3) is 16.8. The fourth-order valence-corrected chi connectivity index (χ4v) is 0. The van der Waals surface area contributed by atoms with E-state index >= 15 is 0 Å². The molecule has 0 unspecified atom stereocenters. The summed E-state index contributed by atoms with van der Waals surface area (Å²) in [6.45, 7) is 0. The highest BCUT2D eigenvalue weighted by molar-refractivity contribution is 7.86. The van der Waals surface area contributed by atoms with Gasteiger partial charge in [0.15, 0.2) is 10.1 Å². The summed E-state index contributed by atoms with van der Waals surface area (Å²) in [6, 6.07) is 0. The first-order valence-electron chi connectivity index (χ1n) is 2.13. The molecule has 0 aromatic heterocycles. The molecule has 0 saturated heterocycles. The van der Waals surface area contributed by atoms with Gasteiger partial charge < -0.3 is 15.4 Å². The average Bonchev–Trinajstić information content (AvgIpc) is 1.85. The van der Waals surface area contributed by atoms with Gasteiger partial charge in [-0.1, -0.05) is 0 Å².